The normalized spacial score (nSPS) is 26.7. The predicted molar refractivity (Wildman–Crippen MR) is 100 cm³/mol. The Hall–Kier alpha value is -2.53. The highest BCUT2D eigenvalue weighted by Crippen LogP contribution is 2.49. The van der Waals surface area contributed by atoms with Crippen molar-refractivity contribution in [1.29, 1.82) is 0 Å². The van der Waals surface area contributed by atoms with Crippen molar-refractivity contribution in [2.75, 3.05) is 19.0 Å². The van der Waals surface area contributed by atoms with Gasteiger partial charge in [-0.25, -0.2) is 4.79 Å². The zero-order valence-corrected chi connectivity index (χ0v) is 14.8. The number of amides is 1. The number of hydrogen-bond acceptors (Lipinski definition) is 3. The van der Waals surface area contributed by atoms with Crippen molar-refractivity contribution in [1.82, 2.24) is 4.90 Å². The van der Waals surface area contributed by atoms with Gasteiger partial charge in [-0.05, 0) is 30.0 Å². The third-order valence-corrected chi connectivity index (χ3v) is 5.66. The number of hydrogen-bond donors (Lipinski definition) is 2. The number of methoxy groups -OCH3 is 1. The number of nitrogens with one attached hydrogen (secondary N) is 1. The van der Waals surface area contributed by atoms with Gasteiger partial charge in [0.05, 0.1) is 18.7 Å². The van der Waals surface area contributed by atoms with Gasteiger partial charge in [0.2, 0.25) is 0 Å². The molecule has 0 aromatic heterocycles. The molecule has 2 aromatic carbocycles. The van der Waals surface area contributed by atoms with Gasteiger partial charge in [0.1, 0.15) is 0 Å². The lowest BCUT2D eigenvalue weighted by atomic mass is 9.82. The van der Waals surface area contributed by atoms with Crippen LogP contribution in [0.3, 0.4) is 0 Å². The summed E-state index contributed by atoms with van der Waals surface area (Å²) in [5.74, 6) is 0.203. The number of ether oxygens (including phenoxy) is 1. The topological polar surface area (TPSA) is 61.8 Å². The largest absolute Gasteiger partial charge is 0.465 e. The van der Waals surface area contributed by atoms with Gasteiger partial charge in [0.25, 0.3) is 0 Å². The highest BCUT2D eigenvalue weighted by atomic mass is 16.5. The first-order chi connectivity index (χ1) is 12.7. The van der Waals surface area contributed by atoms with Crippen LogP contribution >= 0.6 is 0 Å². The number of anilines is 1. The monoisotopic (exact) mass is 352 g/mol. The molecule has 4 atom stereocenters. The minimum Gasteiger partial charge on any atom is -0.465 e. The third kappa shape index (κ3) is 2.92. The molecule has 136 valence electrons. The summed E-state index contributed by atoms with van der Waals surface area (Å²) in [7, 11) is 1.70. The van der Waals surface area contributed by atoms with E-state index in [1.165, 1.54) is 5.56 Å². The molecule has 1 amide bonds. The smallest absolute Gasteiger partial charge is 0.408 e. The molecule has 0 aliphatic carbocycles. The van der Waals surface area contributed by atoms with Gasteiger partial charge < -0.3 is 15.2 Å². The molecule has 1 fully saturated rings. The van der Waals surface area contributed by atoms with E-state index in [1.54, 1.807) is 12.0 Å². The average Bonchev–Trinajstić information content (AvgIpc) is 3.02. The highest BCUT2D eigenvalue weighted by molar-refractivity contribution is 5.69. The van der Waals surface area contributed by atoms with Crippen LogP contribution in [0.1, 0.15) is 23.6 Å². The molecule has 0 radical (unpaired) electrons. The molecule has 0 bridgehead atoms. The van der Waals surface area contributed by atoms with Gasteiger partial charge in [-0.1, -0.05) is 48.5 Å². The fourth-order valence-corrected chi connectivity index (χ4v) is 4.64. The van der Waals surface area contributed by atoms with E-state index in [1.807, 2.05) is 42.5 Å². The van der Waals surface area contributed by atoms with Gasteiger partial charge >= 0.3 is 6.09 Å². The van der Waals surface area contributed by atoms with Crippen LogP contribution in [0.4, 0.5) is 10.5 Å². The third-order valence-electron chi connectivity index (χ3n) is 5.66. The Morgan fingerprint density at radius 2 is 1.92 bits per heavy atom. The second-order valence-electron chi connectivity index (χ2n) is 7.17. The van der Waals surface area contributed by atoms with Gasteiger partial charge in [0, 0.05) is 24.8 Å². The zero-order chi connectivity index (χ0) is 18.1. The van der Waals surface area contributed by atoms with Crippen molar-refractivity contribution in [3.05, 3.63) is 65.7 Å². The minimum absolute atomic E-state index is 0.0304. The van der Waals surface area contributed by atoms with Crippen LogP contribution in [0.5, 0.6) is 0 Å². The molecule has 4 rings (SSSR count). The fourth-order valence-electron chi connectivity index (χ4n) is 4.64. The van der Waals surface area contributed by atoms with E-state index in [9.17, 15) is 9.90 Å². The van der Waals surface area contributed by atoms with Gasteiger partial charge in [0.15, 0.2) is 0 Å². The molecule has 1 saturated heterocycles. The Bertz CT molecular complexity index is 780. The Morgan fingerprint density at radius 3 is 2.65 bits per heavy atom. The average molecular weight is 352 g/mol. The number of carboxylic acid groups (broad SMARTS) is 1. The van der Waals surface area contributed by atoms with Crippen LogP contribution in [0.15, 0.2) is 54.6 Å². The van der Waals surface area contributed by atoms with Crippen molar-refractivity contribution in [3.63, 3.8) is 0 Å². The Morgan fingerprint density at radius 1 is 1.19 bits per heavy atom. The van der Waals surface area contributed by atoms with Crippen molar-refractivity contribution < 1.29 is 14.6 Å². The predicted octanol–water partition coefficient (Wildman–Crippen LogP) is 3.78. The van der Waals surface area contributed by atoms with E-state index in [0.29, 0.717) is 6.61 Å². The summed E-state index contributed by atoms with van der Waals surface area (Å²) in [4.78, 5) is 13.9. The van der Waals surface area contributed by atoms with Crippen molar-refractivity contribution >= 4 is 11.8 Å². The van der Waals surface area contributed by atoms with Gasteiger partial charge in [-0.2, -0.15) is 0 Å². The maximum Gasteiger partial charge on any atom is 0.408 e. The SMILES string of the molecule is COC[C@@H]1Nc2ccccc2[C@H]2[C@@H]1CC(Cc1ccccc1)N2C(=O)O. The lowest BCUT2D eigenvalue weighted by Gasteiger charge is -2.39. The van der Waals surface area contributed by atoms with E-state index < -0.39 is 6.09 Å². The molecule has 2 heterocycles. The van der Waals surface area contributed by atoms with E-state index >= 15 is 0 Å². The molecule has 5 nitrogen and oxygen atoms in total. The van der Waals surface area contributed by atoms with E-state index in [0.717, 1.165) is 24.1 Å². The minimum atomic E-state index is -0.841. The molecule has 5 heteroatoms. The molecule has 2 aliphatic rings. The van der Waals surface area contributed by atoms with Crippen LogP contribution in [0.25, 0.3) is 0 Å². The number of carbonyl (C=O) groups is 1. The number of nitrogens with zero attached hydrogens (tertiary/aromatic N) is 1. The molecule has 2 aromatic rings. The lowest BCUT2D eigenvalue weighted by molar-refractivity contribution is 0.107. The summed E-state index contributed by atoms with van der Waals surface area (Å²) < 4.78 is 5.43. The highest BCUT2D eigenvalue weighted by Gasteiger charge is 2.50. The van der Waals surface area contributed by atoms with Crippen LogP contribution in [-0.2, 0) is 11.2 Å². The second-order valence-corrected chi connectivity index (χ2v) is 7.17. The van der Waals surface area contributed by atoms with E-state index in [4.69, 9.17) is 4.74 Å². The lowest BCUT2D eigenvalue weighted by Crippen LogP contribution is -2.44. The van der Waals surface area contributed by atoms with Crippen LogP contribution in [0.2, 0.25) is 0 Å². The first kappa shape index (κ1) is 16.9. The van der Waals surface area contributed by atoms with Crippen LogP contribution in [0, 0.1) is 5.92 Å². The quantitative estimate of drug-likeness (QED) is 0.879. The van der Waals surface area contributed by atoms with E-state index in [-0.39, 0.29) is 24.0 Å². The van der Waals surface area contributed by atoms with Gasteiger partial charge in [-0.15, -0.1) is 0 Å². The molecule has 2 aliphatic heterocycles. The first-order valence-corrected chi connectivity index (χ1v) is 9.08. The zero-order valence-electron chi connectivity index (χ0n) is 14.8. The molecular formula is C21H24N2O3. The summed E-state index contributed by atoms with van der Waals surface area (Å²) in [6, 6.07) is 18.1. The number of likely N-dealkylation sites (tertiary alicyclic amines) is 1. The molecule has 2 N–H and O–H groups in total. The summed E-state index contributed by atoms with van der Waals surface area (Å²) in [6.07, 6.45) is 0.731. The fraction of sp³-hybridized carbons (Fsp3) is 0.381. The summed E-state index contributed by atoms with van der Waals surface area (Å²) in [5, 5.41) is 13.6. The molecular weight excluding hydrogens is 328 g/mol. The summed E-state index contributed by atoms with van der Waals surface area (Å²) in [5.41, 5.74) is 3.26. The Labute approximate surface area is 153 Å². The van der Waals surface area contributed by atoms with E-state index in [2.05, 4.69) is 17.4 Å². The van der Waals surface area contributed by atoms with Crippen molar-refractivity contribution in [2.45, 2.75) is 31.0 Å². The Kier molecular flexibility index (Phi) is 4.55. The maximum absolute atomic E-state index is 12.2. The number of benzene rings is 2. The van der Waals surface area contributed by atoms with Crippen LogP contribution < -0.4 is 5.32 Å². The number of rotatable bonds is 4. The molecule has 0 saturated carbocycles. The maximum atomic E-state index is 12.2. The standard InChI is InChI=1S/C21H24N2O3/c1-26-13-19-17-12-15(11-14-7-3-2-4-8-14)23(21(24)25)20(17)16-9-5-6-10-18(16)22-19/h2-10,15,17,19-20,22H,11-13H2,1H3,(H,24,25)/t15?,17-,19+,20+/m1/s1. The van der Waals surface area contributed by atoms with Crippen LogP contribution in [-0.4, -0.2) is 41.9 Å². The Balaban J connectivity index is 1.71. The number of fused-ring (bicyclic) bond motifs is 3. The number of para-hydroxylation sites is 1. The molecule has 1 unspecified atom stereocenters. The summed E-state index contributed by atoms with van der Waals surface area (Å²) >= 11 is 0. The molecule has 26 heavy (non-hydrogen) atoms. The van der Waals surface area contributed by atoms with Crippen molar-refractivity contribution in [2.24, 2.45) is 5.92 Å². The molecule has 0 spiro atoms. The van der Waals surface area contributed by atoms with Gasteiger partial charge in [-0.3, -0.25) is 4.90 Å². The second kappa shape index (κ2) is 7.00. The first-order valence-electron chi connectivity index (χ1n) is 9.08. The summed E-state index contributed by atoms with van der Waals surface area (Å²) in [6.45, 7) is 0.570. The van der Waals surface area contributed by atoms with Crippen molar-refractivity contribution in [3.8, 4) is 0 Å².